The van der Waals surface area contributed by atoms with Crippen LogP contribution in [0.3, 0.4) is 0 Å². The van der Waals surface area contributed by atoms with Crippen molar-refractivity contribution in [2.45, 2.75) is 88.8 Å². The zero-order valence-corrected chi connectivity index (χ0v) is 25.3. The SMILES string of the molecule is CCC1(n2nc(Nc3ccc(S(=O)(=O)N4CCC[C@H]4C)cc3)c3c(=O)[nH]ccc32)CCN(C(=O)OC(C)(C)C)CC1. The largest absolute Gasteiger partial charge is 0.444 e. The van der Waals surface area contributed by atoms with Crippen molar-refractivity contribution in [3.63, 3.8) is 0 Å². The molecule has 4 heterocycles. The van der Waals surface area contributed by atoms with Gasteiger partial charge in [-0.3, -0.25) is 9.48 Å². The highest BCUT2D eigenvalue weighted by Crippen LogP contribution is 2.38. The second-order valence-corrected chi connectivity index (χ2v) is 14.0. The molecular formula is C29H40N6O5S. The van der Waals surface area contributed by atoms with E-state index in [0.717, 1.165) is 19.3 Å². The second kappa shape index (κ2) is 10.8. The van der Waals surface area contributed by atoms with E-state index in [1.807, 2.05) is 38.4 Å². The maximum Gasteiger partial charge on any atom is 0.410 e. The van der Waals surface area contributed by atoms with E-state index >= 15 is 0 Å². The molecule has 0 saturated carbocycles. The van der Waals surface area contributed by atoms with Crippen molar-refractivity contribution in [2.24, 2.45) is 0 Å². The van der Waals surface area contributed by atoms with Crippen molar-refractivity contribution < 1.29 is 17.9 Å². The van der Waals surface area contributed by atoms with Crippen LogP contribution in [-0.2, 0) is 20.3 Å². The number of fused-ring (bicyclic) bond motifs is 1. The molecule has 41 heavy (non-hydrogen) atoms. The van der Waals surface area contributed by atoms with Gasteiger partial charge >= 0.3 is 6.09 Å². The number of aromatic nitrogens is 3. The van der Waals surface area contributed by atoms with Crippen molar-refractivity contribution in [3.05, 3.63) is 46.9 Å². The van der Waals surface area contributed by atoms with Crippen LogP contribution in [0.4, 0.5) is 16.3 Å². The average molecular weight is 585 g/mol. The van der Waals surface area contributed by atoms with Gasteiger partial charge in [0.15, 0.2) is 5.82 Å². The molecule has 11 nitrogen and oxygen atoms in total. The minimum atomic E-state index is -3.57. The molecule has 2 aliphatic rings. The Bertz CT molecular complexity index is 1580. The van der Waals surface area contributed by atoms with Gasteiger partial charge in [-0.25, -0.2) is 13.2 Å². The lowest BCUT2D eigenvalue weighted by molar-refractivity contribution is 0.0101. The molecule has 0 unspecified atom stereocenters. The molecule has 222 valence electrons. The Hall–Kier alpha value is -3.38. The summed E-state index contributed by atoms with van der Waals surface area (Å²) in [6.45, 7) is 11.2. The van der Waals surface area contributed by atoms with Crippen LogP contribution < -0.4 is 10.9 Å². The van der Waals surface area contributed by atoms with E-state index in [-0.39, 0.29) is 22.6 Å². The number of likely N-dealkylation sites (tertiary alicyclic amines) is 1. The molecule has 1 aromatic carbocycles. The zero-order chi connectivity index (χ0) is 29.6. The summed E-state index contributed by atoms with van der Waals surface area (Å²) < 4.78 is 35.3. The quantitative estimate of drug-likeness (QED) is 0.427. The smallest absolute Gasteiger partial charge is 0.410 e. The van der Waals surface area contributed by atoms with Gasteiger partial charge in [0.25, 0.3) is 5.56 Å². The number of carbonyl (C=O) groups is 1. The highest BCUT2D eigenvalue weighted by molar-refractivity contribution is 7.89. The van der Waals surface area contributed by atoms with Crippen LogP contribution >= 0.6 is 0 Å². The average Bonchev–Trinajstić information content (AvgIpc) is 3.53. The molecule has 0 spiro atoms. The molecule has 2 saturated heterocycles. The maximum atomic E-state index is 13.1. The van der Waals surface area contributed by atoms with Crippen molar-refractivity contribution in [1.29, 1.82) is 0 Å². The van der Waals surface area contributed by atoms with Gasteiger partial charge in [-0.2, -0.15) is 9.40 Å². The number of nitrogens with one attached hydrogen (secondary N) is 2. The number of hydrogen-bond acceptors (Lipinski definition) is 7. The number of rotatable bonds is 6. The molecule has 1 atom stereocenters. The number of amides is 1. The molecule has 5 rings (SSSR count). The van der Waals surface area contributed by atoms with Gasteiger partial charge in [0.1, 0.15) is 11.0 Å². The van der Waals surface area contributed by atoms with E-state index in [9.17, 15) is 18.0 Å². The number of anilines is 2. The lowest BCUT2D eigenvalue weighted by Crippen LogP contribution is -2.49. The fourth-order valence-corrected chi connectivity index (χ4v) is 7.62. The number of aromatic amines is 1. The summed E-state index contributed by atoms with van der Waals surface area (Å²) in [6, 6.07) is 8.41. The zero-order valence-electron chi connectivity index (χ0n) is 24.4. The Morgan fingerprint density at radius 2 is 1.83 bits per heavy atom. The summed E-state index contributed by atoms with van der Waals surface area (Å²) >= 11 is 0. The molecule has 0 bridgehead atoms. The highest BCUT2D eigenvalue weighted by Gasteiger charge is 2.40. The van der Waals surface area contributed by atoms with Crippen LogP contribution in [0.2, 0.25) is 0 Å². The standard InChI is InChI=1S/C29H40N6O5S/c1-6-29(14-18-33(19-15-29)27(37)40-28(3,4)5)35-23-13-16-30-26(36)24(23)25(32-35)31-21-9-11-22(12-10-21)41(38,39)34-17-7-8-20(34)2/h9-13,16,20H,6-8,14-15,17-19H2,1-5H3,(H,30,36)(H,31,32)/t20-/m1/s1. The molecule has 2 aromatic heterocycles. The van der Waals surface area contributed by atoms with Gasteiger partial charge in [0, 0.05) is 37.6 Å². The van der Waals surface area contributed by atoms with E-state index in [1.165, 1.54) is 0 Å². The Balaban J connectivity index is 1.42. The van der Waals surface area contributed by atoms with Crippen LogP contribution in [-0.4, -0.2) is 69.8 Å². The first-order chi connectivity index (χ1) is 19.3. The van der Waals surface area contributed by atoms with Crippen LogP contribution in [0.15, 0.2) is 46.2 Å². The number of pyridine rings is 1. The molecule has 3 aromatic rings. The molecule has 0 radical (unpaired) electrons. The summed E-state index contributed by atoms with van der Waals surface area (Å²) in [5, 5.41) is 8.59. The first-order valence-corrected chi connectivity index (χ1v) is 15.8. The number of sulfonamides is 1. The summed E-state index contributed by atoms with van der Waals surface area (Å²) in [4.78, 5) is 30.4. The Morgan fingerprint density at radius 3 is 2.41 bits per heavy atom. The van der Waals surface area contributed by atoms with E-state index < -0.39 is 21.2 Å². The number of carbonyl (C=O) groups excluding carboxylic acids is 1. The Labute approximate surface area is 240 Å². The normalized spacial score (nSPS) is 19.9. The number of nitrogens with zero attached hydrogens (tertiary/aromatic N) is 4. The highest BCUT2D eigenvalue weighted by atomic mass is 32.2. The number of ether oxygens (including phenoxy) is 1. The fourth-order valence-electron chi connectivity index (χ4n) is 5.92. The van der Waals surface area contributed by atoms with Crippen LogP contribution in [0.5, 0.6) is 0 Å². The van der Waals surface area contributed by atoms with E-state index in [4.69, 9.17) is 9.84 Å². The van der Waals surface area contributed by atoms with E-state index in [0.29, 0.717) is 54.9 Å². The van der Waals surface area contributed by atoms with E-state index in [1.54, 1.807) is 39.7 Å². The van der Waals surface area contributed by atoms with Crippen molar-refractivity contribution in [3.8, 4) is 0 Å². The molecule has 12 heteroatoms. The topological polar surface area (TPSA) is 130 Å². The van der Waals surface area contributed by atoms with Gasteiger partial charge in [0.2, 0.25) is 10.0 Å². The summed E-state index contributed by atoms with van der Waals surface area (Å²) in [7, 11) is -3.57. The summed E-state index contributed by atoms with van der Waals surface area (Å²) in [5.41, 5.74) is 0.0976. The second-order valence-electron chi connectivity index (χ2n) is 12.1. The van der Waals surface area contributed by atoms with Crippen LogP contribution in [0.25, 0.3) is 10.9 Å². The molecule has 1 amide bonds. The number of hydrogen-bond donors (Lipinski definition) is 2. The predicted molar refractivity (Wildman–Crippen MR) is 158 cm³/mol. The molecule has 2 fully saturated rings. The summed E-state index contributed by atoms with van der Waals surface area (Å²) in [5.74, 6) is 0.396. The van der Waals surface area contributed by atoms with Crippen molar-refractivity contribution in [1.82, 2.24) is 24.0 Å². The van der Waals surface area contributed by atoms with Crippen LogP contribution in [0, 0.1) is 0 Å². The maximum absolute atomic E-state index is 13.1. The third-order valence-electron chi connectivity index (χ3n) is 8.27. The van der Waals surface area contributed by atoms with E-state index in [2.05, 4.69) is 17.2 Å². The van der Waals surface area contributed by atoms with Gasteiger partial charge < -0.3 is 19.9 Å². The van der Waals surface area contributed by atoms with Crippen LogP contribution in [0.1, 0.15) is 66.7 Å². The number of piperidine rings is 1. The molecule has 2 aliphatic heterocycles. The minimum absolute atomic E-state index is 0.0123. The van der Waals surface area contributed by atoms with Gasteiger partial charge in [-0.15, -0.1) is 0 Å². The Morgan fingerprint density at radius 1 is 1.15 bits per heavy atom. The monoisotopic (exact) mass is 584 g/mol. The first-order valence-electron chi connectivity index (χ1n) is 14.3. The van der Waals surface area contributed by atoms with Crippen molar-refractivity contribution >= 4 is 38.5 Å². The van der Waals surface area contributed by atoms with Crippen molar-refractivity contribution in [2.75, 3.05) is 25.0 Å². The fraction of sp³-hybridized carbons (Fsp3) is 0.552. The lowest BCUT2D eigenvalue weighted by atomic mass is 9.85. The predicted octanol–water partition coefficient (Wildman–Crippen LogP) is 4.78. The third kappa shape index (κ3) is 5.59. The third-order valence-corrected chi connectivity index (χ3v) is 10.3. The number of H-pyrrole nitrogens is 1. The molecular weight excluding hydrogens is 544 g/mol. The summed E-state index contributed by atoms with van der Waals surface area (Å²) in [6.07, 6.45) is 5.10. The first kappa shape index (κ1) is 29.1. The van der Waals surface area contributed by atoms with Gasteiger partial charge in [0.05, 0.1) is 16.0 Å². The molecule has 0 aliphatic carbocycles. The van der Waals surface area contributed by atoms with Gasteiger partial charge in [-0.05, 0) is 90.1 Å². The number of benzene rings is 1. The minimum Gasteiger partial charge on any atom is -0.444 e. The van der Waals surface area contributed by atoms with Gasteiger partial charge in [-0.1, -0.05) is 6.92 Å². The molecule has 2 N–H and O–H groups in total. The Kier molecular flexibility index (Phi) is 7.66. The lowest BCUT2D eigenvalue weighted by Gasteiger charge is -2.42.